The average Bonchev–Trinajstić information content (AvgIpc) is 2.56. The Hall–Kier alpha value is -1.84. The maximum Gasteiger partial charge on any atom is 0.329 e. The summed E-state index contributed by atoms with van der Waals surface area (Å²) >= 11 is 0. The summed E-state index contributed by atoms with van der Waals surface area (Å²) in [6.07, 6.45) is 9.89. The van der Waals surface area contributed by atoms with E-state index < -0.39 is 11.5 Å². The minimum atomic E-state index is -1.22. The summed E-state index contributed by atoms with van der Waals surface area (Å²) in [5.41, 5.74) is 1.22. The van der Waals surface area contributed by atoms with Gasteiger partial charge in [-0.3, -0.25) is 4.79 Å². The fraction of sp³-hybridized carbons (Fsp3) is 0.619. The Bertz CT molecular complexity index is 539. The van der Waals surface area contributed by atoms with Gasteiger partial charge in [0.05, 0.1) is 0 Å². The summed E-state index contributed by atoms with van der Waals surface area (Å²) in [4.78, 5) is 22.7. The molecule has 1 aromatic carbocycles. The highest BCUT2D eigenvalue weighted by molar-refractivity contribution is 5.85. The van der Waals surface area contributed by atoms with Crippen LogP contribution in [0.25, 0.3) is 0 Å². The van der Waals surface area contributed by atoms with Crippen molar-refractivity contribution in [2.45, 2.75) is 84.1 Å². The van der Waals surface area contributed by atoms with Crippen molar-refractivity contribution in [3.8, 4) is 0 Å². The van der Waals surface area contributed by atoms with Crippen molar-refractivity contribution < 1.29 is 14.7 Å². The lowest BCUT2D eigenvalue weighted by atomic mass is 9.92. The fourth-order valence-electron chi connectivity index (χ4n) is 2.99. The van der Waals surface area contributed by atoms with Crippen LogP contribution < -0.4 is 5.32 Å². The van der Waals surface area contributed by atoms with E-state index in [1.807, 2.05) is 0 Å². The number of carboxylic acids is 1. The standard InChI is InChI=1S/C21H33NO3/c1-4-5-6-7-8-9-10-18-11-13-19(14-12-18)15-16-21(3,20(24)25)22-17(2)23/h11-14H,4-10,15-16H2,1-3H3,(H,22,23)(H,24,25). The molecule has 0 spiro atoms. The molecule has 0 aliphatic rings. The summed E-state index contributed by atoms with van der Waals surface area (Å²) in [6, 6.07) is 8.42. The number of carboxylic acid groups (broad SMARTS) is 1. The summed E-state index contributed by atoms with van der Waals surface area (Å²) in [6.45, 7) is 5.14. The van der Waals surface area contributed by atoms with E-state index in [1.54, 1.807) is 6.92 Å². The second-order valence-electron chi connectivity index (χ2n) is 7.15. The number of unbranched alkanes of at least 4 members (excludes halogenated alkanes) is 5. The van der Waals surface area contributed by atoms with E-state index in [4.69, 9.17) is 0 Å². The lowest BCUT2D eigenvalue weighted by Gasteiger charge is -2.25. The van der Waals surface area contributed by atoms with Gasteiger partial charge in [-0.1, -0.05) is 63.3 Å². The van der Waals surface area contributed by atoms with Gasteiger partial charge < -0.3 is 10.4 Å². The van der Waals surface area contributed by atoms with Crippen LogP contribution in [0.1, 0.15) is 76.8 Å². The molecule has 140 valence electrons. The molecular formula is C21H33NO3. The molecule has 0 aromatic heterocycles. The van der Waals surface area contributed by atoms with Crippen LogP contribution in [0.2, 0.25) is 0 Å². The van der Waals surface area contributed by atoms with E-state index in [0.29, 0.717) is 12.8 Å². The van der Waals surface area contributed by atoms with Crippen molar-refractivity contribution in [2.75, 3.05) is 0 Å². The van der Waals surface area contributed by atoms with E-state index in [-0.39, 0.29) is 5.91 Å². The highest BCUT2D eigenvalue weighted by Crippen LogP contribution is 2.17. The summed E-state index contributed by atoms with van der Waals surface area (Å²) in [5.74, 6) is -1.32. The molecule has 25 heavy (non-hydrogen) atoms. The first-order chi connectivity index (χ1) is 11.9. The van der Waals surface area contributed by atoms with Gasteiger partial charge in [0.25, 0.3) is 0 Å². The maximum absolute atomic E-state index is 11.4. The SMILES string of the molecule is CCCCCCCCc1ccc(CCC(C)(NC(C)=O)C(=O)O)cc1. The molecule has 1 aromatic rings. The van der Waals surface area contributed by atoms with Gasteiger partial charge in [-0.05, 0) is 43.7 Å². The van der Waals surface area contributed by atoms with E-state index in [2.05, 4.69) is 36.5 Å². The molecule has 0 heterocycles. The number of aliphatic carboxylic acids is 1. The van der Waals surface area contributed by atoms with Gasteiger partial charge in [0, 0.05) is 6.92 Å². The molecule has 0 aliphatic carbocycles. The molecule has 2 N–H and O–H groups in total. The predicted molar refractivity (Wildman–Crippen MR) is 102 cm³/mol. The second-order valence-corrected chi connectivity index (χ2v) is 7.15. The summed E-state index contributed by atoms with van der Waals surface area (Å²) < 4.78 is 0. The third-order valence-electron chi connectivity index (χ3n) is 4.68. The topological polar surface area (TPSA) is 66.4 Å². The van der Waals surface area contributed by atoms with Gasteiger partial charge in [0.2, 0.25) is 5.91 Å². The zero-order valence-corrected chi connectivity index (χ0v) is 15.9. The van der Waals surface area contributed by atoms with Crippen molar-refractivity contribution in [1.29, 1.82) is 0 Å². The first-order valence-corrected chi connectivity index (χ1v) is 9.47. The third kappa shape index (κ3) is 8.19. The molecule has 0 saturated heterocycles. The second kappa shape index (κ2) is 10.9. The van der Waals surface area contributed by atoms with Crippen molar-refractivity contribution >= 4 is 11.9 Å². The molecule has 0 bridgehead atoms. The van der Waals surface area contributed by atoms with Crippen LogP contribution in [-0.4, -0.2) is 22.5 Å². The van der Waals surface area contributed by atoms with Crippen LogP contribution in [0.15, 0.2) is 24.3 Å². The van der Waals surface area contributed by atoms with E-state index in [0.717, 1.165) is 12.0 Å². The van der Waals surface area contributed by atoms with Crippen molar-refractivity contribution in [3.63, 3.8) is 0 Å². The molecule has 1 amide bonds. The number of nitrogens with one attached hydrogen (secondary N) is 1. The Morgan fingerprint density at radius 3 is 2.00 bits per heavy atom. The van der Waals surface area contributed by atoms with Gasteiger partial charge in [-0.15, -0.1) is 0 Å². The third-order valence-corrected chi connectivity index (χ3v) is 4.68. The number of hydrogen-bond acceptors (Lipinski definition) is 2. The molecule has 1 unspecified atom stereocenters. The van der Waals surface area contributed by atoms with Gasteiger partial charge in [-0.2, -0.15) is 0 Å². The molecule has 4 heteroatoms. The number of carbonyl (C=O) groups excluding carboxylic acids is 1. The maximum atomic E-state index is 11.4. The first kappa shape index (κ1) is 21.2. The number of amides is 1. The fourth-order valence-corrected chi connectivity index (χ4v) is 2.99. The Labute approximate surface area is 152 Å². The minimum Gasteiger partial charge on any atom is -0.480 e. The van der Waals surface area contributed by atoms with Crippen LogP contribution in [0.3, 0.4) is 0 Å². The van der Waals surface area contributed by atoms with Crippen LogP contribution in [-0.2, 0) is 22.4 Å². The Balaban J connectivity index is 2.43. The van der Waals surface area contributed by atoms with Crippen LogP contribution in [0.4, 0.5) is 0 Å². The van der Waals surface area contributed by atoms with Gasteiger partial charge >= 0.3 is 5.97 Å². The van der Waals surface area contributed by atoms with E-state index >= 15 is 0 Å². The summed E-state index contributed by atoms with van der Waals surface area (Å²) in [5, 5.41) is 11.9. The first-order valence-electron chi connectivity index (χ1n) is 9.47. The quantitative estimate of drug-likeness (QED) is 0.547. The van der Waals surface area contributed by atoms with Crippen LogP contribution in [0.5, 0.6) is 0 Å². The van der Waals surface area contributed by atoms with Crippen molar-refractivity contribution in [2.24, 2.45) is 0 Å². The van der Waals surface area contributed by atoms with Crippen LogP contribution >= 0.6 is 0 Å². The smallest absolute Gasteiger partial charge is 0.329 e. The Morgan fingerprint density at radius 2 is 1.48 bits per heavy atom. The van der Waals surface area contributed by atoms with Gasteiger partial charge in [0.15, 0.2) is 0 Å². The molecule has 0 aliphatic heterocycles. The normalized spacial score (nSPS) is 13.2. The highest BCUT2D eigenvalue weighted by atomic mass is 16.4. The van der Waals surface area contributed by atoms with Crippen LogP contribution in [0, 0.1) is 0 Å². The van der Waals surface area contributed by atoms with E-state index in [1.165, 1.54) is 51.0 Å². The molecule has 0 saturated carbocycles. The molecule has 1 rings (SSSR count). The molecule has 0 fully saturated rings. The van der Waals surface area contributed by atoms with Crippen molar-refractivity contribution in [1.82, 2.24) is 5.32 Å². The van der Waals surface area contributed by atoms with Gasteiger partial charge in [0.1, 0.15) is 5.54 Å². The monoisotopic (exact) mass is 347 g/mol. The number of benzene rings is 1. The zero-order chi connectivity index (χ0) is 18.7. The predicted octanol–water partition coefficient (Wildman–Crippen LogP) is 4.50. The average molecular weight is 347 g/mol. The number of aryl methyl sites for hydroxylation is 2. The molecule has 4 nitrogen and oxygen atoms in total. The Kier molecular flexibility index (Phi) is 9.25. The highest BCUT2D eigenvalue weighted by Gasteiger charge is 2.33. The van der Waals surface area contributed by atoms with Crippen molar-refractivity contribution in [3.05, 3.63) is 35.4 Å². The molecule has 0 radical (unpaired) electrons. The number of rotatable bonds is 12. The molecular weight excluding hydrogens is 314 g/mol. The van der Waals surface area contributed by atoms with E-state index in [9.17, 15) is 14.7 Å². The Morgan fingerprint density at radius 1 is 0.960 bits per heavy atom. The number of hydrogen-bond donors (Lipinski definition) is 2. The lowest BCUT2D eigenvalue weighted by molar-refractivity contribution is -0.146. The zero-order valence-electron chi connectivity index (χ0n) is 15.9. The summed E-state index contributed by atoms with van der Waals surface area (Å²) in [7, 11) is 0. The molecule has 1 atom stereocenters. The van der Waals surface area contributed by atoms with Gasteiger partial charge in [-0.25, -0.2) is 4.79 Å². The number of carbonyl (C=O) groups is 2. The minimum absolute atomic E-state index is 0.320. The lowest BCUT2D eigenvalue weighted by Crippen LogP contribution is -2.51. The largest absolute Gasteiger partial charge is 0.480 e.